The Hall–Kier alpha value is -1.01. The Labute approximate surface area is 127 Å². The van der Waals surface area contributed by atoms with Crippen LogP contribution in [-0.4, -0.2) is 5.78 Å². The van der Waals surface area contributed by atoms with Crippen molar-refractivity contribution in [3.63, 3.8) is 0 Å². The number of benzene rings is 2. The Balaban J connectivity index is 2.26. The number of Topliss-reactive ketones (excluding diaryl/α,β-unsaturated/α-hetero) is 1. The topological polar surface area (TPSA) is 17.1 Å². The number of carbonyl (C=O) groups excluding carboxylic acids is 1. The quantitative estimate of drug-likeness (QED) is 0.549. The fourth-order valence-electron chi connectivity index (χ4n) is 1.63. The molecule has 0 aliphatic carbocycles. The molecule has 0 aliphatic rings. The van der Waals surface area contributed by atoms with Gasteiger partial charge in [-0.2, -0.15) is 0 Å². The Bertz CT molecular complexity index is 643. The van der Waals surface area contributed by atoms with E-state index in [9.17, 15) is 13.6 Å². The van der Waals surface area contributed by atoms with Gasteiger partial charge in [0.2, 0.25) is 0 Å². The van der Waals surface area contributed by atoms with Gasteiger partial charge < -0.3 is 0 Å². The Morgan fingerprint density at radius 1 is 1.21 bits per heavy atom. The van der Waals surface area contributed by atoms with Crippen LogP contribution >= 0.6 is 34.2 Å². The van der Waals surface area contributed by atoms with E-state index >= 15 is 0 Å². The maximum Gasteiger partial charge on any atom is 0.167 e. The van der Waals surface area contributed by atoms with Gasteiger partial charge in [-0.3, -0.25) is 4.79 Å². The molecule has 98 valence electrons. The maximum atomic E-state index is 13.5. The van der Waals surface area contributed by atoms with Crippen molar-refractivity contribution < 1.29 is 13.6 Å². The molecule has 5 heteroatoms. The summed E-state index contributed by atoms with van der Waals surface area (Å²) in [6.07, 6.45) is -0.194. The van der Waals surface area contributed by atoms with Gasteiger partial charge in [0.25, 0.3) is 0 Å². The van der Waals surface area contributed by atoms with Gasteiger partial charge in [0.1, 0.15) is 0 Å². The lowest BCUT2D eigenvalue weighted by molar-refractivity contribution is 0.0991. The van der Waals surface area contributed by atoms with Crippen molar-refractivity contribution in [2.45, 2.75) is 6.42 Å². The van der Waals surface area contributed by atoms with Crippen LogP contribution in [0, 0.1) is 15.2 Å². The standard InChI is InChI=1S/C14H8ClF2IO/c15-10-6-8(4-5-12(10)18)13(19)7-9-2-1-3-11(16)14(9)17/h1-6H,7H2. The maximum absolute atomic E-state index is 13.5. The molecule has 0 bridgehead atoms. The van der Waals surface area contributed by atoms with Crippen LogP contribution in [0.15, 0.2) is 36.4 Å². The molecule has 0 unspecified atom stereocenters. The smallest absolute Gasteiger partial charge is 0.167 e. The number of carbonyl (C=O) groups is 1. The van der Waals surface area contributed by atoms with Gasteiger partial charge in [-0.25, -0.2) is 8.78 Å². The summed E-state index contributed by atoms with van der Waals surface area (Å²) in [6, 6.07) is 8.64. The highest BCUT2D eigenvalue weighted by Gasteiger charge is 2.14. The first-order chi connectivity index (χ1) is 8.99. The number of hydrogen-bond acceptors (Lipinski definition) is 1. The summed E-state index contributed by atoms with van der Waals surface area (Å²) in [4.78, 5) is 12.0. The van der Waals surface area contributed by atoms with Crippen molar-refractivity contribution in [3.8, 4) is 0 Å². The van der Waals surface area contributed by atoms with E-state index in [1.807, 2.05) is 22.6 Å². The lowest BCUT2D eigenvalue weighted by atomic mass is 10.0. The van der Waals surface area contributed by atoms with Crippen LogP contribution in [0.4, 0.5) is 8.78 Å². The molecule has 0 aromatic heterocycles. The predicted octanol–water partition coefficient (Wildman–Crippen LogP) is 4.65. The van der Waals surface area contributed by atoms with E-state index in [0.29, 0.717) is 10.6 Å². The molecule has 0 N–H and O–H groups in total. The minimum atomic E-state index is -0.979. The van der Waals surface area contributed by atoms with E-state index in [4.69, 9.17) is 11.6 Å². The Morgan fingerprint density at radius 2 is 1.95 bits per heavy atom. The Morgan fingerprint density at radius 3 is 2.63 bits per heavy atom. The van der Waals surface area contributed by atoms with E-state index in [1.165, 1.54) is 18.2 Å². The van der Waals surface area contributed by atoms with Crippen LogP contribution in [0.5, 0.6) is 0 Å². The molecule has 2 rings (SSSR count). The summed E-state index contributed by atoms with van der Waals surface area (Å²) in [5.74, 6) is -2.23. The molecule has 0 saturated heterocycles. The largest absolute Gasteiger partial charge is 0.294 e. The molecule has 0 saturated carbocycles. The second kappa shape index (κ2) is 5.96. The SMILES string of the molecule is O=C(Cc1cccc(F)c1F)c1ccc(I)c(Cl)c1. The van der Waals surface area contributed by atoms with E-state index in [-0.39, 0.29) is 17.8 Å². The monoisotopic (exact) mass is 392 g/mol. The predicted molar refractivity (Wildman–Crippen MR) is 78.6 cm³/mol. The zero-order valence-electron chi connectivity index (χ0n) is 9.59. The zero-order chi connectivity index (χ0) is 14.0. The van der Waals surface area contributed by atoms with Gasteiger partial charge in [0.05, 0.1) is 5.02 Å². The molecule has 0 atom stereocenters. The minimum absolute atomic E-state index is 0.0414. The first kappa shape index (κ1) is 14.4. The van der Waals surface area contributed by atoms with Gasteiger partial charge in [0.15, 0.2) is 17.4 Å². The van der Waals surface area contributed by atoms with Crippen LogP contribution < -0.4 is 0 Å². The van der Waals surface area contributed by atoms with Gasteiger partial charge in [-0.05, 0) is 46.4 Å². The number of halogens is 4. The fraction of sp³-hybridized carbons (Fsp3) is 0.0714. The highest BCUT2D eigenvalue weighted by atomic mass is 127. The summed E-state index contributed by atoms with van der Waals surface area (Å²) in [5.41, 5.74) is 0.425. The van der Waals surface area contributed by atoms with Crippen molar-refractivity contribution in [1.29, 1.82) is 0 Å². The zero-order valence-corrected chi connectivity index (χ0v) is 12.5. The first-order valence-corrected chi connectivity index (χ1v) is 6.86. The second-order valence-electron chi connectivity index (χ2n) is 3.94. The molecule has 19 heavy (non-hydrogen) atoms. The van der Waals surface area contributed by atoms with Crippen molar-refractivity contribution in [2.75, 3.05) is 0 Å². The normalized spacial score (nSPS) is 10.5. The van der Waals surface area contributed by atoms with Crippen molar-refractivity contribution in [1.82, 2.24) is 0 Å². The lowest BCUT2D eigenvalue weighted by Crippen LogP contribution is -2.06. The number of rotatable bonds is 3. The average molecular weight is 393 g/mol. The van der Waals surface area contributed by atoms with Crippen LogP contribution in [0.3, 0.4) is 0 Å². The molecule has 0 amide bonds. The Kier molecular flexibility index (Phi) is 4.52. The third-order valence-corrected chi connectivity index (χ3v) is 4.20. The molecule has 0 heterocycles. The average Bonchev–Trinajstić information content (AvgIpc) is 2.38. The number of hydrogen-bond donors (Lipinski definition) is 0. The van der Waals surface area contributed by atoms with E-state index < -0.39 is 11.6 Å². The van der Waals surface area contributed by atoms with Crippen LogP contribution in [-0.2, 0) is 6.42 Å². The van der Waals surface area contributed by atoms with E-state index in [1.54, 1.807) is 12.1 Å². The van der Waals surface area contributed by atoms with E-state index in [0.717, 1.165) is 9.64 Å². The van der Waals surface area contributed by atoms with Crippen molar-refractivity contribution in [3.05, 3.63) is 67.8 Å². The molecule has 1 nitrogen and oxygen atoms in total. The van der Waals surface area contributed by atoms with Gasteiger partial charge >= 0.3 is 0 Å². The molecule has 0 fully saturated rings. The first-order valence-electron chi connectivity index (χ1n) is 5.40. The van der Waals surface area contributed by atoms with Crippen LogP contribution in [0.2, 0.25) is 5.02 Å². The third kappa shape index (κ3) is 3.30. The lowest BCUT2D eigenvalue weighted by Gasteiger charge is -2.05. The molecular formula is C14H8ClF2IO. The summed E-state index contributed by atoms with van der Waals surface area (Å²) < 4.78 is 27.3. The molecule has 2 aromatic rings. The molecule has 0 radical (unpaired) electrons. The summed E-state index contributed by atoms with van der Waals surface area (Å²) >= 11 is 7.97. The highest BCUT2D eigenvalue weighted by Crippen LogP contribution is 2.21. The molecule has 2 aromatic carbocycles. The van der Waals surface area contributed by atoms with Gasteiger partial charge in [-0.15, -0.1) is 0 Å². The van der Waals surface area contributed by atoms with Gasteiger partial charge in [0, 0.05) is 15.6 Å². The van der Waals surface area contributed by atoms with Crippen molar-refractivity contribution >= 4 is 40.0 Å². The molecule has 0 spiro atoms. The van der Waals surface area contributed by atoms with Crippen LogP contribution in [0.1, 0.15) is 15.9 Å². The van der Waals surface area contributed by atoms with Crippen molar-refractivity contribution in [2.24, 2.45) is 0 Å². The summed E-state index contributed by atoms with van der Waals surface area (Å²) in [5, 5.41) is 0.464. The minimum Gasteiger partial charge on any atom is -0.294 e. The third-order valence-electron chi connectivity index (χ3n) is 2.62. The molecular weight excluding hydrogens is 385 g/mol. The summed E-state index contributed by atoms with van der Waals surface area (Å²) in [6.45, 7) is 0. The molecule has 0 aliphatic heterocycles. The van der Waals surface area contributed by atoms with E-state index in [2.05, 4.69) is 0 Å². The van der Waals surface area contributed by atoms with Gasteiger partial charge in [-0.1, -0.05) is 29.8 Å². The second-order valence-corrected chi connectivity index (χ2v) is 5.51. The van der Waals surface area contributed by atoms with Crippen LogP contribution in [0.25, 0.3) is 0 Å². The summed E-state index contributed by atoms with van der Waals surface area (Å²) in [7, 11) is 0. The fourth-order valence-corrected chi connectivity index (χ4v) is 2.15. The number of ketones is 1. The highest BCUT2D eigenvalue weighted by molar-refractivity contribution is 14.1.